The monoisotopic (exact) mass is 268 g/mol. The van der Waals surface area contributed by atoms with Crippen LogP contribution in [0.15, 0.2) is 35.3 Å². The summed E-state index contributed by atoms with van der Waals surface area (Å²) < 4.78 is 1.02. The summed E-state index contributed by atoms with van der Waals surface area (Å²) in [6.45, 7) is 8.66. The van der Waals surface area contributed by atoms with Gasteiger partial charge in [-0.1, -0.05) is 35.0 Å². The van der Waals surface area contributed by atoms with Gasteiger partial charge in [0.25, 0.3) is 0 Å². The first-order valence-electron chi connectivity index (χ1n) is 5.04. The fourth-order valence-electron chi connectivity index (χ4n) is 1.44. The van der Waals surface area contributed by atoms with E-state index in [0.717, 1.165) is 29.8 Å². The molecule has 0 aliphatic rings. The van der Waals surface area contributed by atoms with Crippen LogP contribution in [0.1, 0.15) is 12.5 Å². The number of hydrogen-bond donors (Lipinski definition) is 1. The number of rotatable bonds is 5. The zero-order valence-corrected chi connectivity index (χ0v) is 10.6. The highest BCUT2D eigenvalue weighted by molar-refractivity contribution is 9.10. The highest BCUT2D eigenvalue weighted by Crippen LogP contribution is 2.19. The predicted molar refractivity (Wildman–Crippen MR) is 69.7 cm³/mol. The minimum absolute atomic E-state index is 0.840. The third kappa shape index (κ3) is 3.68. The second kappa shape index (κ2) is 5.93. The van der Waals surface area contributed by atoms with E-state index in [9.17, 15) is 0 Å². The summed E-state index contributed by atoms with van der Waals surface area (Å²) in [6, 6.07) is 6.02. The first-order chi connectivity index (χ1) is 7.17. The second-order valence-corrected chi connectivity index (χ2v) is 4.38. The summed E-state index contributed by atoms with van der Waals surface area (Å²) in [5.74, 6) is 0. The van der Waals surface area contributed by atoms with Gasteiger partial charge in [0, 0.05) is 23.2 Å². The number of anilines is 1. The molecule has 1 aromatic rings. The lowest BCUT2D eigenvalue weighted by atomic mass is 10.1. The van der Waals surface area contributed by atoms with E-state index in [1.165, 1.54) is 5.56 Å². The molecule has 0 amide bonds. The maximum Gasteiger partial charge on any atom is 0.0371 e. The Labute approximate surface area is 99.9 Å². The lowest BCUT2D eigenvalue weighted by Gasteiger charge is -2.19. The van der Waals surface area contributed by atoms with Crippen molar-refractivity contribution in [3.8, 4) is 0 Å². The molecular weight excluding hydrogens is 252 g/mol. The summed E-state index contributed by atoms with van der Waals surface area (Å²) in [4.78, 5) is 2.28. The lowest BCUT2D eigenvalue weighted by molar-refractivity contribution is 0.312. The molecule has 0 spiro atoms. The van der Waals surface area contributed by atoms with E-state index in [2.05, 4.69) is 40.4 Å². The van der Waals surface area contributed by atoms with Crippen LogP contribution in [-0.2, 0) is 6.54 Å². The summed E-state index contributed by atoms with van der Waals surface area (Å²) in [5, 5.41) is 0. The van der Waals surface area contributed by atoms with Crippen LogP contribution in [0.25, 0.3) is 0 Å². The van der Waals surface area contributed by atoms with Crippen LogP contribution in [-0.4, -0.2) is 18.0 Å². The van der Waals surface area contributed by atoms with Gasteiger partial charge in [-0.2, -0.15) is 0 Å². The number of halogens is 1. The van der Waals surface area contributed by atoms with Crippen LogP contribution in [0.2, 0.25) is 0 Å². The smallest absolute Gasteiger partial charge is 0.0371 e. The Kier molecular flexibility index (Phi) is 4.85. The highest BCUT2D eigenvalue weighted by atomic mass is 79.9. The summed E-state index contributed by atoms with van der Waals surface area (Å²) in [6.07, 6.45) is 1.92. The fourth-order valence-corrected chi connectivity index (χ4v) is 1.82. The fraction of sp³-hybridized carbons (Fsp3) is 0.333. The van der Waals surface area contributed by atoms with E-state index >= 15 is 0 Å². The van der Waals surface area contributed by atoms with Crippen molar-refractivity contribution in [2.75, 3.05) is 18.8 Å². The molecule has 2 nitrogen and oxygen atoms in total. The number of benzene rings is 1. The molecule has 0 radical (unpaired) electrons. The molecule has 0 aliphatic carbocycles. The molecule has 15 heavy (non-hydrogen) atoms. The number of likely N-dealkylation sites (N-methyl/N-ethyl adjacent to an activating group) is 1. The summed E-state index contributed by atoms with van der Waals surface area (Å²) >= 11 is 3.40. The molecule has 2 N–H and O–H groups in total. The van der Waals surface area contributed by atoms with E-state index in [4.69, 9.17) is 5.73 Å². The van der Waals surface area contributed by atoms with Crippen LogP contribution in [0.3, 0.4) is 0 Å². The van der Waals surface area contributed by atoms with Crippen molar-refractivity contribution in [2.24, 2.45) is 0 Å². The van der Waals surface area contributed by atoms with Crippen molar-refractivity contribution in [3.63, 3.8) is 0 Å². The van der Waals surface area contributed by atoms with Crippen LogP contribution < -0.4 is 5.73 Å². The van der Waals surface area contributed by atoms with Gasteiger partial charge in [-0.25, -0.2) is 0 Å². The largest absolute Gasteiger partial charge is 0.398 e. The molecule has 0 saturated heterocycles. The Morgan fingerprint density at radius 3 is 2.80 bits per heavy atom. The highest BCUT2D eigenvalue weighted by Gasteiger charge is 2.04. The molecule has 1 aromatic carbocycles. The zero-order valence-electron chi connectivity index (χ0n) is 9.04. The van der Waals surface area contributed by atoms with Gasteiger partial charge in [0.15, 0.2) is 0 Å². The van der Waals surface area contributed by atoms with Crippen LogP contribution in [0.5, 0.6) is 0 Å². The van der Waals surface area contributed by atoms with Crippen molar-refractivity contribution in [3.05, 3.63) is 40.9 Å². The van der Waals surface area contributed by atoms with E-state index in [0.29, 0.717) is 0 Å². The van der Waals surface area contributed by atoms with Crippen LogP contribution >= 0.6 is 15.9 Å². The maximum atomic E-state index is 5.94. The Balaban J connectivity index is 2.74. The quantitative estimate of drug-likeness (QED) is 0.657. The molecule has 0 aliphatic heterocycles. The first-order valence-corrected chi connectivity index (χ1v) is 5.83. The number of nitrogens with two attached hydrogens (primary N) is 1. The molecule has 82 valence electrons. The predicted octanol–water partition coefficient (Wildman–Crippen LogP) is 3.04. The Bertz CT molecular complexity index is 336. The molecule has 0 heterocycles. The van der Waals surface area contributed by atoms with Gasteiger partial charge < -0.3 is 5.73 Å². The summed E-state index contributed by atoms with van der Waals surface area (Å²) in [5.41, 5.74) is 7.95. The second-order valence-electron chi connectivity index (χ2n) is 3.46. The van der Waals surface area contributed by atoms with Gasteiger partial charge in [0.1, 0.15) is 0 Å². The van der Waals surface area contributed by atoms with Gasteiger partial charge in [-0.3, -0.25) is 4.90 Å². The topological polar surface area (TPSA) is 29.3 Å². The van der Waals surface area contributed by atoms with Gasteiger partial charge in [0.2, 0.25) is 0 Å². The van der Waals surface area contributed by atoms with Gasteiger partial charge in [-0.05, 0) is 24.2 Å². The number of hydrogen-bond acceptors (Lipinski definition) is 2. The average molecular weight is 269 g/mol. The van der Waals surface area contributed by atoms with E-state index in [1.807, 2.05) is 18.2 Å². The molecule has 0 saturated carbocycles. The molecule has 0 unspecified atom stereocenters. The number of nitrogens with zero attached hydrogens (tertiary/aromatic N) is 1. The van der Waals surface area contributed by atoms with E-state index < -0.39 is 0 Å². The molecule has 0 fully saturated rings. The Morgan fingerprint density at radius 1 is 1.53 bits per heavy atom. The maximum absolute atomic E-state index is 5.94. The number of nitrogen functional groups attached to an aromatic ring is 1. The molecule has 1 rings (SSSR count). The normalized spacial score (nSPS) is 10.6. The first kappa shape index (κ1) is 12.3. The van der Waals surface area contributed by atoms with Crippen LogP contribution in [0.4, 0.5) is 5.69 Å². The Morgan fingerprint density at radius 2 is 2.27 bits per heavy atom. The van der Waals surface area contributed by atoms with Crippen LogP contribution in [0, 0.1) is 0 Å². The molecule has 0 atom stereocenters. The SMILES string of the molecule is C=CCN(CC)Cc1ccc(Br)cc1N. The third-order valence-electron chi connectivity index (χ3n) is 2.34. The summed E-state index contributed by atoms with van der Waals surface area (Å²) in [7, 11) is 0. The minimum atomic E-state index is 0.840. The van der Waals surface area contributed by atoms with Crippen molar-refractivity contribution < 1.29 is 0 Å². The third-order valence-corrected chi connectivity index (χ3v) is 2.83. The minimum Gasteiger partial charge on any atom is -0.398 e. The zero-order chi connectivity index (χ0) is 11.3. The van der Waals surface area contributed by atoms with Crippen molar-refractivity contribution in [1.29, 1.82) is 0 Å². The van der Waals surface area contributed by atoms with Crippen molar-refractivity contribution in [2.45, 2.75) is 13.5 Å². The van der Waals surface area contributed by atoms with E-state index in [-0.39, 0.29) is 0 Å². The van der Waals surface area contributed by atoms with Gasteiger partial charge >= 0.3 is 0 Å². The van der Waals surface area contributed by atoms with Crippen molar-refractivity contribution in [1.82, 2.24) is 4.90 Å². The molecular formula is C12H17BrN2. The molecule has 0 aromatic heterocycles. The molecule has 0 bridgehead atoms. The van der Waals surface area contributed by atoms with Gasteiger partial charge in [0.05, 0.1) is 0 Å². The molecule has 3 heteroatoms. The van der Waals surface area contributed by atoms with Gasteiger partial charge in [-0.15, -0.1) is 6.58 Å². The van der Waals surface area contributed by atoms with E-state index in [1.54, 1.807) is 0 Å². The van der Waals surface area contributed by atoms with Crippen molar-refractivity contribution >= 4 is 21.6 Å². The lowest BCUT2D eigenvalue weighted by Crippen LogP contribution is -2.23. The Hall–Kier alpha value is -0.800. The average Bonchev–Trinajstić information content (AvgIpc) is 2.21. The standard InChI is InChI=1S/C12H17BrN2/c1-3-7-15(4-2)9-10-5-6-11(13)8-12(10)14/h3,5-6,8H,1,4,7,9,14H2,2H3.